The van der Waals surface area contributed by atoms with Crippen LogP contribution in [0.5, 0.6) is 0 Å². The molecule has 0 unspecified atom stereocenters. The van der Waals surface area contributed by atoms with Gasteiger partial charge >= 0.3 is 12.4 Å². The summed E-state index contributed by atoms with van der Waals surface area (Å²) in [5, 5.41) is 0. The first-order chi connectivity index (χ1) is 15.5. The molecule has 0 aromatic heterocycles. The van der Waals surface area contributed by atoms with Gasteiger partial charge in [0.2, 0.25) is 0 Å². The summed E-state index contributed by atoms with van der Waals surface area (Å²) in [6, 6.07) is 22.0. The maximum atomic E-state index is 13.7. The van der Waals surface area contributed by atoms with Crippen molar-refractivity contribution in [2.24, 2.45) is 0 Å². The Morgan fingerprint density at radius 2 is 0.909 bits per heavy atom. The average Bonchev–Trinajstić information content (AvgIpc) is 2.78. The minimum absolute atomic E-state index is 0.0924. The highest BCUT2D eigenvalue weighted by atomic mass is 19.4. The van der Waals surface area contributed by atoms with Crippen molar-refractivity contribution in [2.45, 2.75) is 19.3 Å². The SMILES string of the molecule is Cc1cccc(-c2cc(-c3ccccc3C(F)(F)F)cc(-c3ccccc3C(F)(F)F)c2)c1. The monoisotopic (exact) mass is 456 g/mol. The van der Waals surface area contributed by atoms with Crippen LogP contribution in [0, 0.1) is 6.92 Å². The number of halogens is 6. The summed E-state index contributed by atoms with van der Waals surface area (Å²) in [6.07, 6.45) is -9.22. The molecule has 0 saturated carbocycles. The first kappa shape index (κ1) is 22.6. The number of hydrogen-bond donors (Lipinski definition) is 0. The van der Waals surface area contributed by atoms with E-state index in [4.69, 9.17) is 0 Å². The molecule has 4 aromatic rings. The molecule has 6 heteroatoms. The highest BCUT2D eigenvalue weighted by Crippen LogP contribution is 2.42. The Morgan fingerprint density at radius 3 is 1.36 bits per heavy atom. The fourth-order valence-electron chi connectivity index (χ4n) is 3.89. The molecule has 4 rings (SSSR count). The van der Waals surface area contributed by atoms with Crippen LogP contribution in [-0.2, 0) is 12.4 Å². The molecule has 0 fully saturated rings. The molecular formula is C27H18F6. The van der Waals surface area contributed by atoms with Crippen molar-refractivity contribution in [3.63, 3.8) is 0 Å². The van der Waals surface area contributed by atoms with E-state index in [1.54, 1.807) is 24.3 Å². The van der Waals surface area contributed by atoms with E-state index in [2.05, 4.69) is 0 Å². The van der Waals surface area contributed by atoms with E-state index in [0.717, 1.165) is 17.7 Å². The summed E-state index contributed by atoms with van der Waals surface area (Å²) >= 11 is 0. The van der Waals surface area contributed by atoms with E-state index in [0.29, 0.717) is 11.1 Å². The van der Waals surface area contributed by atoms with E-state index in [1.807, 2.05) is 19.1 Å². The minimum Gasteiger partial charge on any atom is -0.166 e. The molecule has 0 aliphatic carbocycles. The fourth-order valence-corrected chi connectivity index (χ4v) is 3.89. The Kier molecular flexibility index (Phi) is 5.78. The van der Waals surface area contributed by atoms with Crippen LogP contribution >= 0.6 is 0 Å². The normalized spacial score (nSPS) is 12.1. The Morgan fingerprint density at radius 1 is 0.455 bits per heavy atom. The third kappa shape index (κ3) is 4.80. The lowest BCUT2D eigenvalue weighted by Crippen LogP contribution is -2.08. The molecule has 0 aliphatic rings. The van der Waals surface area contributed by atoms with Crippen LogP contribution in [0.2, 0.25) is 0 Å². The number of alkyl halides is 6. The zero-order valence-corrected chi connectivity index (χ0v) is 17.4. The second-order valence-electron chi connectivity index (χ2n) is 7.76. The Hall–Kier alpha value is -3.54. The van der Waals surface area contributed by atoms with Crippen molar-refractivity contribution in [3.8, 4) is 33.4 Å². The van der Waals surface area contributed by atoms with Gasteiger partial charge in [-0.25, -0.2) is 0 Å². The lowest BCUT2D eigenvalue weighted by molar-refractivity contribution is -0.137. The van der Waals surface area contributed by atoms with Crippen LogP contribution in [0.25, 0.3) is 33.4 Å². The van der Waals surface area contributed by atoms with Crippen LogP contribution in [-0.4, -0.2) is 0 Å². The van der Waals surface area contributed by atoms with Crippen LogP contribution in [0.3, 0.4) is 0 Å². The summed E-state index contributed by atoms with van der Waals surface area (Å²) in [5.41, 5.74) is 0.652. The molecule has 0 aliphatic heterocycles. The van der Waals surface area contributed by atoms with Gasteiger partial charge in [0.25, 0.3) is 0 Å². The zero-order valence-electron chi connectivity index (χ0n) is 17.4. The molecule has 0 nitrogen and oxygen atoms in total. The molecular weight excluding hydrogens is 438 g/mol. The molecule has 0 saturated heterocycles. The van der Waals surface area contributed by atoms with Crippen LogP contribution in [0.15, 0.2) is 91.0 Å². The lowest BCUT2D eigenvalue weighted by Gasteiger charge is -2.18. The van der Waals surface area contributed by atoms with Gasteiger partial charge in [0.1, 0.15) is 0 Å². The quantitative estimate of drug-likeness (QED) is 0.270. The van der Waals surface area contributed by atoms with Gasteiger partial charge in [0.15, 0.2) is 0 Å². The van der Waals surface area contributed by atoms with E-state index in [9.17, 15) is 26.3 Å². The maximum Gasteiger partial charge on any atom is 0.417 e. The largest absolute Gasteiger partial charge is 0.417 e. The maximum absolute atomic E-state index is 13.7. The molecule has 168 valence electrons. The van der Waals surface area contributed by atoms with Crippen molar-refractivity contribution < 1.29 is 26.3 Å². The average molecular weight is 456 g/mol. The number of benzene rings is 4. The molecule has 0 N–H and O–H groups in total. The molecule has 0 atom stereocenters. The Labute approximate surface area is 187 Å². The highest BCUT2D eigenvalue weighted by molar-refractivity contribution is 5.83. The van der Waals surface area contributed by atoms with Gasteiger partial charge in [-0.2, -0.15) is 26.3 Å². The third-order valence-corrected chi connectivity index (χ3v) is 5.37. The van der Waals surface area contributed by atoms with Crippen molar-refractivity contribution >= 4 is 0 Å². The van der Waals surface area contributed by atoms with Crippen molar-refractivity contribution in [3.05, 3.63) is 108 Å². The van der Waals surface area contributed by atoms with Crippen LogP contribution in [0.4, 0.5) is 26.3 Å². The van der Waals surface area contributed by atoms with Crippen molar-refractivity contribution in [2.75, 3.05) is 0 Å². The first-order valence-corrected chi connectivity index (χ1v) is 10.1. The topological polar surface area (TPSA) is 0 Å². The van der Waals surface area contributed by atoms with Gasteiger partial charge in [-0.15, -0.1) is 0 Å². The fraction of sp³-hybridized carbons (Fsp3) is 0.111. The number of hydrogen-bond acceptors (Lipinski definition) is 0. The van der Waals surface area contributed by atoms with Crippen LogP contribution < -0.4 is 0 Å². The molecule has 0 heterocycles. The molecule has 33 heavy (non-hydrogen) atoms. The summed E-state index contributed by atoms with van der Waals surface area (Å²) in [4.78, 5) is 0. The third-order valence-electron chi connectivity index (χ3n) is 5.37. The lowest BCUT2D eigenvalue weighted by atomic mass is 9.89. The van der Waals surface area contributed by atoms with Gasteiger partial charge in [0, 0.05) is 0 Å². The van der Waals surface area contributed by atoms with Gasteiger partial charge < -0.3 is 0 Å². The second kappa shape index (κ2) is 8.43. The van der Waals surface area contributed by atoms with E-state index in [1.165, 1.54) is 42.5 Å². The minimum atomic E-state index is -4.61. The summed E-state index contributed by atoms with van der Waals surface area (Å²) in [5.74, 6) is 0. The highest BCUT2D eigenvalue weighted by Gasteiger charge is 2.35. The smallest absolute Gasteiger partial charge is 0.166 e. The molecule has 0 bridgehead atoms. The molecule has 0 amide bonds. The van der Waals surface area contributed by atoms with E-state index in [-0.39, 0.29) is 22.3 Å². The van der Waals surface area contributed by atoms with Gasteiger partial charge in [-0.05, 0) is 70.6 Å². The Balaban J connectivity index is 2.03. The predicted molar refractivity (Wildman–Crippen MR) is 117 cm³/mol. The molecule has 0 spiro atoms. The summed E-state index contributed by atoms with van der Waals surface area (Å²) < 4.78 is 82.2. The Bertz CT molecular complexity index is 1220. The summed E-state index contributed by atoms with van der Waals surface area (Å²) in [6.45, 7) is 1.87. The van der Waals surface area contributed by atoms with Crippen molar-refractivity contribution in [1.82, 2.24) is 0 Å². The predicted octanol–water partition coefficient (Wildman–Crippen LogP) is 9.03. The zero-order chi connectivity index (χ0) is 23.8. The second-order valence-corrected chi connectivity index (χ2v) is 7.76. The standard InChI is InChI=1S/C27H18F6/c1-17-7-6-8-18(13-17)19-14-20(22-9-2-4-11-24(22)26(28,29)30)16-21(15-19)23-10-3-5-12-25(23)27(31,32)33/h2-16H,1H3. The van der Waals surface area contributed by atoms with Crippen molar-refractivity contribution in [1.29, 1.82) is 0 Å². The van der Waals surface area contributed by atoms with E-state index >= 15 is 0 Å². The number of rotatable bonds is 3. The molecule has 0 radical (unpaired) electrons. The van der Waals surface area contributed by atoms with Gasteiger partial charge in [-0.3, -0.25) is 0 Å². The first-order valence-electron chi connectivity index (χ1n) is 10.1. The van der Waals surface area contributed by atoms with Gasteiger partial charge in [0.05, 0.1) is 11.1 Å². The molecule has 4 aromatic carbocycles. The summed E-state index contributed by atoms with van der Waals surface area (Å²) in [7, 11) is 0. The van der Waals surface area contributed by atoms with E-state index < -0.39 is 23.5 Å². The number of aryl methyl sites for hydroxylation is 1. The van der Waals surface area contributed by atoms with Crippen LogP contribution in [0.1, 0.15) is 16.7 Å². The van der Waals surface area contributed by atoms with Gasteiger partial charge in [-0.1, -0.05) is 66.2 Å².